The largest absolute Gasteiger partial charge is 1.00 e. The number of aliphatic hydroxyl groups is 3. The maximum Gasteiger partial charge on any atom is 1.00 e. The van der Waals surface area contributed by atoms with Gasteiger partial charge in [0.25, 0.3) is 0 Å². The molecule has 9 atom stereocenters. The molecule has 1 aliphatic heterocycles. The number of carbonyl (C=O) groups excluding carboxylic acids is 2. The predicted octanol–water partition coefficient (Wildman–Crippen LogP) is -2.95. The minimum atomic E-state index is -1.81. The van der Waals surface area contributed by atoms with Gasteiger partial charge in [-0.3, -0.25) is 4.79 Å². The number of carboxylic acids is 1. The van der Waals surface area contributed by atoms with Crippen molar-refractivity contribution in [1.29, 1.82) is 0 Å². The maximum atomic E-state index is 12.5. The summed E-state index contributed by atoms with van der Waals surface area (Å²) in [5, 5.41) is 41.2. The van der Waals surface area contributed by atoms with Crippen LogP contribution in [0.15, 0.2) is 18.2 Å². The van der Waals surface area contributed by atoms with Crippen LogP contribution in [0.4, 0.5) is 0 Å². The maximum absolute atomic E-state index is 12.5. The summed E-state index contributed by atoms with van der Waals surface area (Å²) in [6, 6.07) is 5.65. The molecular weight excluding hydrogens is 439 g/mol. The van der Waals surface area contributed by atoms with Gasteiger partial charge in [0.2, 0.25) is 6.29 Å². The molecule has 0 bridgehead atoms. The Labute approximate surface area is 214 Å². The monoisotopic (exact) mass is 468 g/mol. The molecule has 1 aromatic carbocycles. The van der Waals surface area contributed by atoms with Crippen molar-refractivity contribution in [2.45, 2.75) is 82.1 Å². The third-order valence-electron chi connectivity index (χ3n) is 8.46. The minimum Gasteiger partial charge on any atom is -0.547 e. The third kappa shape index (κ3) is 4.07. The van der Waals surface area contributed by atoms with Crippen molar-refractivity contribution in [1.82, 2.24) is 0 Å². The number of carbonyl (C=O) groups is 2. The second-order valence-electron chi connectivity index (χ2n) is 10.0. The fraction of sp³-hybridized carbons (Fsp3) is 0.667. The Morgan fingerprint density at radius 2 is 1.88 bits per heavy atom. The van der Waals surface area contributed by atoms with Gasteiger partial charge in [-0.25, -0.2) is 0 Å². The van der Waals surface area contributed by atoms with Crippen LogP contribution in [0.25, 0.3) is 0 Å². The first-order chi connectivity index (χ1) is 15.2. The molecule has 0 spiro atoms. The SMILES string of the molecule is C[C@@]12CC[C@H]3c4ccc(OC5OC(C(=O)[O-])C(O)C(O)C5O)cc4CC[C@@H]3[C@H]1CCC2=O.[Na+]. The van der Waals surface area contributed by atoms with Crippen molar-refractivity contribution in [2.75, 3.05) is 0 Å². The van der Waals surface area contributed by atoms with E-state index in [0.29, 0.717) is 35.7 Å². The number of ketones is 1. The van der Waals surface area contributed by atoms with Crippen molar-refractivity contribution in [3.05, 3.63) is 29.3 Å². The summed E-state index contributed by atoms with van der Waals surface area (Å²) in [6.07, 6.45) is -2.97. The first kappa shape index (κ1) is 25.1. The van der Waals surface area contributed by atoms with E-state index in [1.807, 2.05) is 12.1 Å². The molecule has 9 heteroatoms. The molecule has 3 fully saturated rings. The number of benzene rings is 1. The van der Waals surface area contributed by atoms with Crippen LogP contribution in [0.3, 0.4) is 0 Å². The number of fused-ring (bicyclic) bond motifs is 5. The van der Waals surface area contributed by atoms with E-state index < -0.39 is 36.7 Å². The molecule has 3 aliphatic carbocycles. The predicted molar refractivity (Wildman–Crippen MR) is 108 cm³/mol. The molecule has 5 rings (SSSR count). The summed E-state index contributed by atoms with van der Waals surface area (Å²) in [6.45, 7) is 2.15. The number of aliphatic carboxylic acids is 1. The van der Waals surface area contributed by atoms with E-state index in [1.165, 1.54) is 5.56 Å². The molecular formula is C24H29NaO8. The van der Waals surface area contributed by atoms with Crippen molar-refractivity contribution in [3.8, 4) is 5.75 Å². The summed E-state index contributed by atoms with van der Waals surface area (Å²) >= 11 is 0. The quantitative estimate of drug-likeness (QED) is 0.401. The summed E-state index contributed by atoms with van der Waals surface area (Å²) < 4.78 is 10.9. The number of aryl methyl sites for hydroxylation is 1. The number of hydrogen-bond acceptors (Lipinski definition) is 8. The van der Waals surface area contributed by atoms with Crippen LogP contribution in [0.1, 0.15) is 56.1 Å². The zero-order chi connectivity index (χ0) is 22.8. The Balaban J connectivity index is 0.00000259. The molecule has 1 heterocycles. The minimum absolute atomic E-state index is 0. The van der Waals surface area contributed by atoms with E-state index in [-0.39, 0.29) is 35.0 Å². The zero-order valence-corrected chi connectivity index (χ0v) is 21.0. The van der Waals surface area contributed by atoms with Gasteiger partial charge in [-0.1, -0.05) is 13.0 Å². The van der Waals surface area contributed by atoms with E-state index in [2.05, 4.69) is 6.92 Å². The van der Waals surface area contributed by atoms with Gasteiger partial charge in [0.1, 0.15) is 35.9 Å². The summed E-state index contributed by atoms with van der Waals surface area (Å²) in [7, 11) is 0. The van der Waals surface area contributed by atoms with Crippen molar-refractivity contribution in [2.24, 2.45) is 17.3 Å². The third-order valence-corrected chi connectivity index (χ3v) is 8.46. The number of ether oxygens (including phenoxy) is 2. The number of aliphatic hydroxyl groups excluding tert-OH is 3. The van der Waals surface area contributed by atoms with E-state index >= 15 is 0 Å². The van der Waals surface area contributed by atoms with Crippen molar-refractivity contribution in [3.63, 3.8) is 0 Å². The summed E-state index contributed by atoms with van der Waals surface area (Å²) in [4.78, 5) is 23.7. The molecule has 0 aromatic heterocycles. The van der Waals surface area contributed by atoms with Gasteiger partial charge in [0.15, 0.2) is 0 Å². The molecule has 174 valence electrons. The molecule has 8 nitrogen and oxygen atoms in total. The fourth-order valence-electron chi connectivity index (χ4n) is 6.68. The van der Waals surface area contributed by atoms with Gasteiger partial charge in [-0.15, -0.1) is 0 Å². The molecule has 1 saturated heterocycles. The zero-order valence-electron chi connectivity index (χ0n) is 19.0. The van der Waals surface area contributed by atoms with Gasteiger partial charge >= 0.3 is 29.6 Å². The van der Waals surface area contributed by atoms with Crippen molar-refractivity contribution >= 4 is 11.8 Å². The smallest absolute Gasteiger partial charge is 0.547 e. The number of hydrogen-bond donors (Lipinski definition) is 3. The van der Waals surface area contributed by atoms with Crippen LogP contribution in [0.2, 0.25) is 0 Å². The Morgan fingerprint density at radius 3 is 2.61 bits per heavy atom. The molecule has 1 aromatic rings. The van der Waals surface area contributed by atoms with Crippen LogP contribution >= 0.6 is 0 Å². The molecule has 2 saturated carbocycles. The fourth-order valence-corrected chi connectivity index (χ4v) is 6.68. The topological polar surface area (TPSA) is 136 Å². The van der Waals surface area contributed by atoms with Crippen LogP contribution < -0.4 is 39.4 Å². The van der Waals surface area contributed by atoms with Crippen LogP contribution in [0.5, 0.6) is 5.75 Å². The first-order valence-corrected chi connectivity index (χ1v) is 11.4. The van der Waals surface area contributed by atoms with E-state index in [0.717, 1.165) is 37.7 Å². The van der Waals surface area contributed by atoms with Gasteiger partial charge in [0.05, 0.1) is 5.97 Å². The molecule has 0 amide bonds. The number of carboxylic acid groups (broad SMARTS) is 1. The Bertz CT molecular complexity index is 937. The van der Waals surface area contributed by atoms with Gasteiger partial charge in [-0.2, -0.15) is 0 Å². The second kappa shape index (κ2) is 9.22. The van der Waals surface area contributed by atoms with E-state index in [4.69, 9.17) is 9.47 Å². The average molecular weight is 468 g/mol. The molecule has 3 N–H and O–H groups in total. The number of Topliss-reactive ketones (excluding diaryl/α,β-unsaturated/α-hetero) is 1. The Hall–Kier alpha value is -1.000. The Morgan fingerprint density at radius 1 is 1.12 bits per heavy atom. The molecule has 0 radical (unpaired) electrons. The van der Waals surface area contributed by atoms with Gasteiger partial charge < -0.3 is 34.7 Å². The van der Waals surface area contributed by atoms with Crippen molar-refractivity contribution < 1.29 is 69.0 Å². The summed E-state index contributed by atoms with van der Waals surface area (Å²) in [5.41, 5.74) is 2.24. The number of rotatable bonds is 3. The first-order valence-electron chi connectivity index (χ1n) is 11.4. The van der Waals surface area contributed by atoms with Gasteiger partial charge in [-0.05, 0) is 73.1 Å². The van der Waals surface area contributed by atoms with Crippen LogP contribution in [-0.2, 0) is 20.7 Å². The average Bonchev–Trinajstić information content (AvgIpc) is 3.08. The van der Waals surface area contributed by atoms with Crippen LogP contribution in [0, 0.1) is 17.3 Å². The molecule has 5 unspecified atom stereocenters. The molecule has 4 aliphatic rings. The summed E-state index contributed by atoms with van der Waals surface area (Å²) in [5.74, 6) is 0.477. The van der Waals surface area contributed by atoms with Gasteiger partial charge in [0, 0.05) is 11.8 Å². The normalized spacial score (nSPS) is 41.9. The standard InChI is InChI=1S/C24H30O8.Na/c1-24-9-8-14-13-5-3-12(10-11(13)2-4-15(14)16(24)6-7-17(24)25)31-23-20(28)18(26)19(27)21(32-23)22(29)30;/h3,5,10,14-16,18-21,23,26-28H,2,4,6-9H2,1H3,(H,29,30);/q;+1/p-1/t14-,15-,16+,18?,19?,20?,21?,23?,24+;/m0./s1. The van der Waals surface area contributed by atoms with E-state index in [1.54, 1.807) is 6.07 Å². The van der Waals surface area contributed by atoms with Crippen LogP contribution in [-0.4, -0.2) is 57.8 Å². The van der Waals surface area contributed by atoms with E-state index in [9.17, 15) is 30.0 Å². The molecule has 33 heavy (non-hydrogen) atoms. The Kier molecular flexibility index (Phi) is 7.02. The second-order valence-corrected chi connectivity index (χ2v) is 10.0.